The highest BCUT2D eigenvalue weighted by Crippen LogP contribution is 2.27. The summed E-state index contributed by atoms with van der Waals surface area (Å²) in [6.07, 6.45) is 1.35. The molecule has 0 bridgehead atoms. The van der Waals surface area contributed by atoms with Crippen LogP contribution in [0.1, 0.15) is 31.4 Å². The van der Waals surface area contributed by atoms with Gasteiger partial charge in [-0.2, -0.15) is 0 Å². The molecule has 0 aromatic heterocycles. The number of rotatable bonds is 7. The molecule has 0 amide bonds. The normalized spacial score (nSPS) is 22.3. The molecular weight excluding hydrogens is 310 g/mol. The van der Waals surface area contributed by atoms with E-state index in [1.165, 1.54) is 19.5 Å². The van der Waals surface area contributed by atoms with Gasteiger partial charge in [-0.25, -0.2) is 0 Å². The van der Waals surface area contributed by atoms with Gasteiger partial charge in [-0.1, -0.05) is 25.4 Å². The second-order valence-corrected chi connectivity index (χ2v) is 7.37. The van der Waals surface area contributed by atoms with Crippen LogP contribution in [0.25, 0.3) is 0 Å². The fraction of sp³-hybridized carbons (Fsp3) is 0.684. The van der Waals surface area contributed by atoms with E-state index in [-0.39, 0.29) is 0 Å². The molecule has 1 heterocycles. The molecule has 2 rings (SSSR count). The number of ether oxygens (including phenoxy) is 2. The second-order valence-electron chi connectivity index (χ2n) is 6.96. The number of piperidine rings is 1. The molecule has 2 atom stereocenters. The van der Waals surface area contributed by atoms with Gasteiger partial charge in [0.15, 0.2) is 0 Å². The molecule has 0 radical (unpaired) electrons. The van der Waals surface area contributed by atoms with E-state index in [0.717, 1.165) is 46.9 Å². The Kier molecular flexibility index (Phi) is 7.19. The summed E-state index contributed by atoms with van der Waals surface area (Å²) in [6.45, 7) is 14.1. The number of benzene rings is 1. The van der Waals surface area contributed by atoms with Crippen LogP contribution in [0.15, 0.2) is 12.1 Å². The molecule has 0 saturated carbocycles. The molecule has 1 saturated heterocycles. The Hall–Kier alpha value is -0.770. The first-order valence-corrected chi connectivity index (χ1v) is 9.03. The van der Waals surface area contributed by atoms with Crippen LogP contribution in [0.4, 0.5) is 0 Å². The van der Waals surface area contributed by atoms with Crippen molar-refractivity contribution in [2.24, 2.45) is 11.8 Å². The standard InChI is InChI=1S/C19H30ClNO2/c1-14-11-15(2)13-21(12-14)7-8-22-9-10-23-19-6-5-18(20)16(3)17(19)4/h5-6,14-15H,7-13H2,1-4H3/t14-,15-/m0/s1. The average molecular weight is 340 g/mol. The summed E-state index contributed by atoms with van der Waals surface area (Å²) >= 11 is 6.10. The maximum Gasteiger partial charge on any atom is 0.122 e. The van der Waals surface area contributed by atoms with Crippen LogP contribution in [0, 0.1) is 25.7 Å². The van der Waals surface area contributed by atoms with Gasteiger partial charge in [-0.05, 0) is 55.4 Å². The summed E-state index contributed by atoms with van der Waals surface area (Å²) in [4.78, 5) is 2.52. The summed E-state index contributed by atoms with van der Waals surface area (Å²) < 4.78 is 11.5. The highest BCUT2D eigenvalue weighted by Gasteiger charge is 2.21. The van der Waals surface area contributed by atoms with Gasteiger partial charge in [0.25, 0.3) is 0 Å². The first-order chi connectivity index (χ1) is 11.0. The Morgan fingerprint density at radius 1 is 1.04 bits per heavy atom. The predicted molar refractivity (Wildman–Crippen MR) is 96.6 cm³/mol. The number of nitrogens with zero attached hydrogens (tertiary/aromatic N) is 1. The summed E-state index contributed by atoms with van der Waals surface area (Å²) in [5.74, 6) is 2.51. The topological polar surface area (TPSA) is 21.7 Å². The molecule has 23 heavy (non-hydrogen) atoms. The zero-order chi connectivity index (χ0) is 16.8. The van der Waals surface area contributed by atoms with E-state index in [1.54, 1.807) is 0 Å². The van der Waals surface area contributed by atoms with Gasteiger partial charge >= 0.3 is 0 Å². The molecule has 3 nitrogen and oxygen atoms in total. The van der Waals surface area contributed by atoms with Crippen LogP contribution < -0.4 is 4.74 Å². The molecule has 1 aromatic rings. The molecule has 130 valence electrons. The van der Waals surface area contributed by atoms with Crippen molar-refractivity contribution >= 4 is 11.6 Å². The lowest BCUT2D eigenvalue weighted by molar-refractivity contribution is 0.0594. The summed E-state index contributed by atoms with van der Waals surface area (Å²) in [7, 11) is 0. The van der Waals surface area contributed by atoms with Crippen molar-refractivity contribution in [1.82, 2.24) is 4.90 Å². The monoisotopic (exact) mass is 339 g/mol. The fourth-order valence-electron chi connectivity index (χ4n) is 3.40. The lowest BCUT2D eigenvalue weighted by atomic mass is 9.92. The Balaban J connectivity index is 1.62. The number of hydrogen-bond donors (Lipinski definition) is 0. The highest BCUT2D eigenvalue weighted by atomic mass is 35.5. The van der Waals surface area contributed by atoms with E-state index >= 15 is 0 Å². The molecule has 1 fully saturated rings. The van der Waals surface area contributed by atoms with Crippen LogP contribution in [0.3, 0.4) is 0 Å². The van der Waals surface area contributed by atoms with Crippen LogP contribution in [0.2, 0.25) is 5.02 Å². The molecule has 1 aliphatic heterocycles. The molecule has 0 N–H and O–H groups in total. The van der Waals surface area contributed by atoms with E-state index < -0.39 is 0 Å². The second kappa shape index (κ2) is 8.91. The molecule has 0 aliphatic carbocycles. The van der Waals surface area contributed by atoms with Crippen molar-refractivity contribution in [2.75, 3.05) is 39.5 Å². The number of hydrogen-bond acceptors (Lipinski definition) is 3. The minimum Gasteiger partial charge on any atom is -0.491 e. The van der Waals surface area contributed by atoms with E-state index in [9.17, 15) is 0 Å². The minimum atomic E-state index is 0.578. The Morgan fingerprint density at radius 2 is 1.74 bits per heavy atom. The van der Waals surface area contributed by atoms with Gasteiger partial charge in [0.05, 0.1) is 13.2 Å². The summed E-state index contributed by atoms with van der Waals surface area (Å²) in [5.41, 5.74) is 2.19. The fourth-order valence-corrected chi connectivity index (χ4v) is 3.60. The summed E-state index contributed by atoms with van der Waals surface area (Å²) in [5, 5.41) is 0.788. The first-order valence-electron chi connectivity index (χ1n) is 8.66. The number of likely N-dealkylation sites (tertiary alicyclic amines) is 1. The highest BCUT2D eigenvalue weighted by molar-refractivity contribution is 6.31. The molecule has 1 aromatic carbocycles. The third-order valence-electron chi connectivity index (χ3n) is 4.65. The molecule has 4 heteroatoms. The van der Waals surface area contributed by atoms with Crippen molar-refractivity contribution in [1.29, 1.82) is 0 Å². The van der Waals surface area contributed by atoms with E-state index in [4.69, 9.17) is 21.1 Å². The third-order valence-corrected chi connectivity index (χ3v) is 5.06. The van der Waals surface area contributed by atoms with E-state index in [0.29, 0.717) is 13.2 Å². The predicted octanol–water partition coefficient (Wildman–Crippen LogP) is 4.33. The zero-order valence-electron chi connectivity index (χ0n) is 14.9. The van der Waals surface area contributed by atoms with Crippen molar-refractivity contribution in [3.8, 4) is 5.75 Å². The molecule has 1 aliphatic rings. The number of halogens is 1. The molecular formula is C19H30ClNO2. The van der Waals surface area contributed by atoms with Crippen molar-refractivity contribution in [2.45, 2.75) is 34.1 Å². The van der Waals surface area contributed by atoms with Gasteiger partial charge < -0.3 is 14.4 Å². The lowest BCUT2D eigenvalue weighted by Crippen LogP contribution is -2.40. The molecule has 0 unspecified atom stereocenters. The Bertz CT molecular complexity index is 496. The van der Waals surface area contributed by atoms with Crippen molar-refractivity contribution < 1.29 is 9.47 Å². The van der Waals surface area contributed by atoms with Gasteiger partial charge in [0, 0.05) is 24.7 Å². The Morgan fingerprint density at radius 3 is 2.43 bits per heavy atom. The largest absolute Gasteiger partial charge is 0.491 e. The van der Waals surface area contributed by atoms with Gasteiger partial charge in [-0.3, -0.25) is 0 Å². The van der Waals surface area contributed by atoms with Gasteiger partial charge in [-0.15, -0.1) is 0 Å². The quantitative estimate of drug-likeness (QED) is 0.690. The van der Waals surface area contributed by atoms with E-state index in [2.05, 4.69) is 18.7 Å². The maximum absolute atomic E-state index is 6.10. The zero-order valence-corrected chi connectivity index (χ0v) is 15.7. The van der Waals surface area contributed by atoms with Crippen molar-refractivity contribution in [3.63, 3.8) is 0 Å². The van der Waals surface area contributed by atoms with E-state index in [1.807, 2.05) is 26.0 Å². The van der Waals surface area contributed by atoms with Crippen LogP contribution in [0.5, 0.6) is 5.75 Å². The average Bonchev–Trinajstić information content (AvgIpc) is 2.49. The van der Waals surface area contributed by atoms with Crippen LogP contribution in [-0.4, -0.2) is 44.4 Å². The smallest absolute Gasteiger partial charge is 0.122 e. The minimum absolute atomic E-state index is 0.578. The first kappa shape index (κ1) is 18.6. The summed E-state index contributed by atoms with van der Waals surface area (Å²) in [6, 6.07) is 3.82. The Labute approximate surface area is 145 Å². The van der Waals surface area contributed by atoms with Crippen LogP contribution in [-0.2, 0) is 4.74 Å². The van der Waals surface area contributed by atoms with Crippen LogP contribution >= 0.6 is 11.6 Å². The maximum atomic E-state index is 6.10. The van der Waals surface area contributed by atoms with Crippen molar-refractivity contribution in [3.05, 3.63) is 28.3 Å². The van der Waals surface area contributed by atoms with Gasteiger partial charge in [0.2, 0.25) is 0 Å². The molecule has 0 spiro atoms. The van der Waals surface area contributed by atoms with Gasteiger partial charge in [0.1, 0.15) is 12.4 Å². The third kappa shape index (κ3) is 5.66. The SMILES string of the molecule is Cc1c(Cl)ccc(OCCOCCN2C[C@@H](C)C[C@H](C)C2)c1C. The lowest BCUT2D eigenvalue weighted by Gasteiger charge is -2.34.